The number of carbonyl (C=O) groups is 1. The van der Waals surface area contributed by atoms with Gasteiger partial charge in [0.15, 0.2) is 0 Å². The van der Waals surface area contributed by atoms with Gasteiger partial charge >= 0.3 is 6.03 Å². The van der Waals surface area contributed by atoms with Crippen molar-refractivity contribution in [3.63, 3.8) is 0 Å². The number of piperidine rings is 1. The molecule has 1 aromatic carbocycles. The topological polar surface area (TPSA) is 78.5 Å². The quantitative estimate of drug-likeness (QED) is 0.838. The molecule has 2 fully saturated rings. The van der Waals surface area contributed by atoms with E-state index in [4.69, 9.17) is 0 Å². The third-order valence-corrected chi connectivity index (χ3v) is 7.25. The summed E-state index contributed by atoms with van der Waals surface area (Å²) in [6, 6.07) is 4.92. The number of hydrogen-bond donors (Lipinski definition) is 2. The lowest BCUT2D eigenvalue weighted by Gasteiger charge is -2.26. The van der Waals surface area contributed by atoms with Crippen LogP contribution >= 0.6 is 0 Å². The maximum Gasteiger partial charge on any atom is 0.319 e. The van der Waals surface area contributed by atoms with Crippen LogP contribution in [0.15, 0.2) is 23.1 Å². The Kier molecular flexibility index (Phi) is 6.19. The van der Waals surface area contributed by atoms with Gasteiger partial charge < -0.3 is 10.6 Å². The summed E-state index contributed by atoms with van der Waals surface area (Å²) in [6.45, 7) is 3.01. The first kappa shape index (κ1) is 19.2. The predicted octanol–water partition coefficient (Wildman–Crippen LogP) is 3.62. The number of anilines is 1. The Morgan fingerprint density at radius 3 is 2.38 bits per heavy atom. The summed E-state index contributed by atoms with van der Waals surface area (Å²) >= 11 is 0. The fourth-order valence-corrected chi connectivity index (χ4v) is 5.29. The molecule has 0 radical (unpaired) electrons. The van der Waals surface area contributed by atoms with Crippen molar-refractivity contribution in [2.24, 2.45) is 0 Å². The van der Waals surface area contributed by atoms with Crippen LogP contribution in [0.1, 0.15) is 56.9 Å². The number of amides is 2. The van der Waals surface area contributed by atoms with Gasteiger partial charge in [0.2, 0.25) is 10.0 Å². The Morgan fingerprint density at radius 2 is 1.69 bits per heavy atom. The Bertz CT molecular complexity index is 736. The minimum atomic E-state index is -3.50. The molecule has 6 nitrogen and oxygen atoms in total. The maximum atomic E-state index is 12.9. The molecule has 3 rings (SSSR count). The average molecular weight is 380 g/mol. The van der Waals surface area contributed by atoms with Crippen LogP contribution in [0.3, 0.4) is 0 Å². The van der Waals surface area contributed by atoms with Crippen LogP contribution in [0.2, 0.25) is 0 Å². The van der Waals surface area contributed by atoms with Crippen molar-refractivity contribution in [2.45, 2.75) is 69.2 Å². The Hall–Kier alpha value is -1.60. The molecule has 1 aliphatic carbocycles. The molecule has 7 heteroatoms. The zero-order valence-corrected chi connectivity index (χ0v) is 16.3. The van der Waals surface area contributed by atoms with Crippen LogP contribution in [0.4, 0.5) is 10.5 Å². The van der Waals surface area contributed by atoms with Crippen LogP contribution < -0.4 is 10.6 Å². The Balaban J connectivity index is 1.71. The van der Waals surface area contributed by atoms with Crippen LogP contribution in [-0.2, 0) is 10.0 Å². The van der Waals surface area contributed by atoms with Crippen LogP contribution in [0.25, 0.3) is 0 Å². The van der Waals surface area contributed by atoms with Crippen molar-refractivity contribution in [3.8, 4) is 0 Å². The van der Waals surface area contributed by atoms with Crippen molar-refractivity contribution in [1.29, 1.82) is 0 Å². The smallest absolute Gasteiger partial charge is 0.319 e. The number of benzene rings is 1. The molecule has 1 saturated heterocycles. The largest absolute Gasteiger partial charge is 0.335 e. The summed E-state index contributed by atoms with van der Waals surface area (Å²) in [4.78, 5) is 12.6. The second-order valence-corrected chi connectivity index (χ2v) is 9.31. The Morgan fingerprint density at radius 1 is 1.04 bits per heavy atom. The summed E-state index contributed by atoms with van der Waals surface area (Å²) in [5.41, 5.74) is 1.40. The van der Waals surface area contributed by atoms with Crippen molar-refractivity contribution < 1.29 is 13.2 Å². The fourth-order valence-electron chi connectivity index (χ4n) is 3.74. The third-order valence-electron chi connectivity index (χ3n) is 5.35. The summed E-state index contributed by atoms with van der Waals surface area (Å²) in [5.74, 6) is 0. The molecule has 0 bridgehead atoms. The molecule has 0 aromatic heterocycles. The Labute approximate surface area is 156 Å². The normalized spacial score (nSPS) is 19.9. The lowest BCUT2D eigenvalue weighted by atomic mass is 9.96. The molecular formula is C19H29N3O3S. The van der Waals surface area contributed by atoms with Gasteiger partial charge in [0.05, 0.1) is 4.90 Å². The summed E-state index contributed by atoms with van der Waals surface area (Å²) in [5, 5.41) is 5.85. The highest BCUT2D eigenvalue weighted by Gasteiger charge is 2.26. The van der Waals surface area contributed by atoms with E-state index in [0.29, 0.717) is 18.8 Å². The highest BCUT2D eigenvalue weighted by molar-refractivity contribution is 7.89. The van der Waals surface area contributed by atoms with Gasteiger partial charge in [0.1, 0.15) is 0 Å². The van der Waals surface area contributed by atoms with Crippen molar-refractivity contribution in [2.75, 3.05) is 18.4 Å². The first-order chi connectivity index (χ1) is 12.5. The van der Waals surface area contributed by atoms with E-state index in [-0.39, 0.29) is 17.0 Å². The van der Waals surface area contributed by atoms with Crippen molar-refractivity contribution >= 4 is 21.7 Å². The molecule has 1 aromatic rings. The van der Waals surface area contributed by atoms with Gasteiger partial charge in [-0.1, -0.05) is 31.7 Å². The van der Waals surface area contributed by atoms with Crippen LogP contribution in [0, 0.1) is 6.92 Å². The van der Waals surface area contributed by atoms with Gasteiger partial charge in [-0.25, -0.2) is 13.2 Å². The standard InChI is InChI=1S/C19H29N3O3S/c1-15-10-11-17(26(24,25)22-12-6-3-7-13-22)14-18(15)21-19(23)20-16-8-4-2-5-9-16/h10-11,14,16H,2-9,12-13H2,1H3,(H2,20,21,23). The van der Waals surface area contributed by atoms with Gasteiger partial charge in [-0.3, -0.25) is 0 Å². The zero-order valence-electron chi connectivity index (χ0n) is 15.5. The molecule has 0 atom stereocenters. The van der Waals surface area contributed by atoms with Gasteiger partial charge in [0.25, 0.3) is 0 Å². The van der Waals surface area contributed by atoms with E-state index in [0.717, 1.165) is 50.5 Å². The van der Waals surface area contributed by atoms with E-state index in [1.165, 1.54) is 6.42 Å². The highest BCUT2D eigenvalue weighted by Crippen LogP contribution is 2.25. The summed E-state index contributed by atoms with van der Waals surface area (Å²) in [6.07, 6.45) is 8.43. The summed E-state index contributed by atoms with van der Waals surface area (Å²) < 4.78 is 27.3. The minimum absolute atomic E-state index is 0.212. The van der Waals surface area contributed by atoms with E-state index in [9.17, 15) is 13.2 Å². The number of aryl methyl sites for hydroxylation is 1. The molecule has 0 spiro atoms. The molecular weight excluding hydrogens is 350 g/mol. The summed E-state index contributed by atoms with van der Waals surface area (Å²) in [7, 11) is -3.50. The number of nitrogens with one attached hydrogen (secondary N) is 2. The van der Waals surface area contributed by atoms with Crippen LogP contribution in [-0.4, -0.2) is 37.9 Å². The predicted molar refractivity (Wildman–Crippen MR) is 103 cm³/mol. The van der Waals surface area contributed by atoms with E-state index in [2.05, 4.69) is 10.6 Å². The van der Waals surface area contributed by atoms with Gasteiger partial charge in [-0.2, -0.15) is 4.31 Å². The number of nitrogens with zero attached hydrogens (tertiary/aromatic N) is 1. The molecule has 26 heavy (non-hydrogen) atoms. The molecule has 1 heterocycles. The minimum Gasteiger partial charge on any atom is -0.335 e. The third kappa shape index (κ3) is 4.57. The van der Waals surface area contributed by atoms with Crippen LogP contribution in [0.5, 0.6) is 0 Å². The van der Waals surface area contributed by atoms with E-state index >= 15 is 0 Å². The van der Waals surface area contributed by atoms with E-state index < -0.39 is 10.0 Å². The lowest BCUT2D eigenvalue weighted by Crippen LogP contribution is -2.39. The first-order valence-corrected chi connectivity index (χ1v) is 11.1. The van der Waals surface area contributed by atoms with Gasteiger partial charge in [-0.15, -0.1) is 0 Å². The first-order valence-electron chi connectivity index (χ1n) is 9.65. The van der Waals surface area contributed by atoms with Crippen molar-refractivity contribution in [3.05, 3.63) is 23.8 Å². The monoisotopic (exact) mass is 379 g/mol. The fraction of sp³-hybridized carbons (Fsp3) is 0.632. The van der Waals surface area contributed by atoms with Crippen molar-refractivity contribution in [1.82, 2.24) is 9.62 Å². The van der Waals surface area contributed by atoms with E-state index in [1.807, 2.05) is 6.92 Å². The SMILES string of the molecule is Cc1ccc(S(=O)(=O)N2CCCCC2)cc1NC(=O)NC1CCCCC1. The molecule has 2 amide bonds. The van der Waals surface area contributed by atoms with E-state index in [1.54, 1.807) is 22.5 Å². The van der Waals surface area contributed by atoms with Gasteiger partial charge in [-0.05, 0) is 50.3 Å². The number of carbonyl (C=O) groups excluding carboxylic acids is 1. The second-order valence-electron chi connectivity index (χ2n) is 7.37. The zero-order chi connectivity index (χ0) is 18.6. The van der Waals surface area contributed by atoms with Gasteiger partial charge in [0, 0.05) is 24.8 Å². The number of hydrogen-bond acceptors (Lipinski definition) is 3. The average Bonchev–Trinajstić information content (AvgIpc) is 2.65. The lowest BCUT2D eigenvalue weighted by molar-refractivity contribution is 0.244. The second kappa shape index (κ2) is 8.39. The maximum absolute atomic E-state index is 12.9. The number of rotatable bonds is 4. The molecule has 2 aliphatic rings. The number of urea groups is 1. The molecule has 1 saturated carbocycles. The number of sulfonamides is 1. The molecule has 1 aliphatic heterocycles. The molecule has 0 unspecified atom stereocenters. The molecule has 144 valence electrons. The highest BCUT2D eigenvalue weighted by atomic mass is 32.2. The molecule has 2 N–H and O–H groups in total.